The normalized spacial score (nSPS) is 50.4. The molecule has 0 amide bonds. The smallest absolute Gasteiger partial charge is 0.159 e. The van der Waals surface area contributed by atoms with E-state index in [-0.39, 0.29) is 35.2 Å². The minimum Gasteiger partial charge on any atom is -0.393 e. The molecule has 30 heavy (non-hydrogen) atoms. The third-order valence-corrected chi connectivity index (χ3v) is 10.0. The van der Waals surface area contributed by atoms with Gasteiger partial charge in [-0.15, -0.1) is 0 Å². The number of nitrogens with zero attached hydrogens (tertiary/aromatic N) is 3. The number of carbonyl (C=O) groups excluding carboxylic acids is 1. The molecule has 2 N–H and O–H groups in total. The Morgan fingerprint density at radius 3 is 2.50 bits per heavy atom. The van der Waals surface area contributed by atoms with Gasteiger partial charge >= 0.3 is 0 Å². The Labute approximate surface area is 179 Å². The Morgan fingerprint density at radius 1 is 1.03 bits per heavy atom. The average Bonchev–Trinajstić information content (AvgIpc) is 3.28. The number of ketones is 1. The van der Waals surface area contributed by atoms with Gasteiger partial charge in [0.05, 0.1) is 24.1 Å². The Kier molecular flexibility index (Phi) is 4.72. The molecule has 0 aromatic carbocycles. The molecule has 4 saturated carbocycles. The Hall–Kier alpha value is -1.27. The number of hydrogen-bond donors (Lipinski definition) is 2. The van der Waals surface area contributed by atoms with Gasteiger partial charge in [-0.2, -0.15) is 15.0 Å². The number of hydrogen-bond acceptors (Lipinski definition) is 5. The summed E-state index contributed by atoms with van der Waals surface area (Å²) in [4.78, 5) is 14.7. The number of aliphatic hydroxyl groups excluding tert-OH is 1. The van der Waals surface area contributed by atoms with E-state index in [0.717, 1.165) is 51.4 Å². The number of Topliss-reactive ketones (excluding diaryl/α,β-unsaturated/α-hetero) is 1. The van der Waals surface area contributed by atoms with E-state index in [2.05, 4.69) is 24.0 Å². The molecule has 0 radical (unpaired) electrons. The fourth-order valence-electron chi connectivity index (χ4n) is 8.66. The predicted molar refractivity (Wildman–Crippen MR) is 112 cm³/mol. The van der Waals surface area contributed by atoms with Crippen LogP contribution in [0.1, 0.15) is 72.1 Å². The van der Waals surface area contributed by atoms with Crippen LogP contribution < -0.4 is 0 Å². The Balaban J connectivity index is 1.40. The van der Waals surface area contributed by atoms with Crippen molar-refractivity contribution >= 4 is 5.78 Å². The minimum absolute atomic E-state index is 0.0123. The highest BCUT2D eigenvalue weighted by atomic mass is 16.3. The van der Waals surface area contributed by atoms with Crippen molar-refractivity contribution in [1.82, 2.24) is 15.0 Å². The van der Waals surface area contributed by atoms with Gasteiger partial charge in [-0.3, -0.25) is 4.79 Å². The first kappa shape index (κ1) is 20.6. The summed E-state index contributed by atoms with van der Waals surface area (Å²) < 4.78 is 0. The van der Waals surface area contributed by atoms with Gasteiger partial charge in [0.15, 0.2) is 5.78 Å². The zero-order valence-corrected chi connectivity index (χ0v) is 18.6. The quantitative estimate of drug-likeness (QED) is 0.791. The third kappa shape index (κ3) is 3.01. The van der Waals surface area contributed by atoms with Gasteiger partial charge in [-0.1, -0.05) is 13.8 Å². The Morgan fingerprint density at radius 2 is 1.77 bits per heavy atom. The molecule has 0 saturated heterocycles. The van der Waals surface area contributed by atoms with Gasteiger partial charge in [0, 0.05) is 5.92 Å². The molecule has 0 spiro atoms. The van der Waals surface area contributed by atoms with Crippen molar-refractivity contribution in [2.24, 2.45) is 40.4 Å². The molecule has 6 heteroatoms. The molecule has 6 nitrogen and oxygen atoms in total. The fraction of sp³-hybridized carbons (Fsp3) is 0.875. The van der Waals surface area contributed by atoms with E-state index in [1.807, 2.05) is 6.92 Å². The third-order valence-electron chi connectivity index (χ3n) is 10.0. The van der Waals surface area contributed by atoms with Crippen molar-refractivity contribution in [3.05, 3.63) is 12.4 Å². The minimum atomic E-state index is -0.559. The summed E-state index contributed by atoms with van der Waals surface area (Å²) in [6.45, 7) is 6.87. The number of rotatable bonds is 3. The highest BCUT2D eigenvalue weighted by Gasteiger charge is 2.64. The molecule has 9 atom stereocenters. The topological polar surface area (TPSA) is 88.2 Å². The van der Waals surface area contributed by atoms with Gasteiger partial charge in [-0.05, 0) is 92.8 Å². The van der Waals surface area contributed by atoms with Gasteiger partial charge < -0.3 is 10.2 Å². The van der Waals surface area contributed by atoms with E-state index in [4.69, 9.17) is 0 Å². The van der Waals surface area contributed by atoms with Gasteiger partial charge in [-0.25, -0.2) is 0 Å². The SMILES string of the molecule is C[C@@]1(O)CC[C@@]2(C)[C@@H](CC[C@H]3[C@@H]4CC[C@H](C(=O)Cn5nccn5)[C@@]4(C)CC(O)[C@@H]32)C1. The second-order valence-corrected chi connectivity index (χ2v) is 11.7. The van der Waals surface area contributed by atoms with Crippen molar-refractivity contribution in [2.75, 3.05) is 0 Å². The zero-order valence-electron chi connectivity index (χ0n) is 18.6. The molecule has 1 unspecified atom stereocenters. The van der Waals surface area contributed by atoms with Crippen molar-refractivity contribution in [3.8, 4) is 0 Å². The highest BCUT2D eigenvalue weighted by molar-refractivity contribution is 5.82. The zero-order chi connectivity index (χ0) is 21.3. The first-order chi connectivity index (χ1) is 14.1. The van der Waals surface area contributed by atoms with E-state index < -0.39 is 5.60 Å². The molecule has 166 valence electrons. The monoisotopic (exact) mass is 415 g/mol. The maximum Gasteiger partial charge on any atom is 0.159 e. The van der Waals surface area contributed by atoms with Crippen LogP contribution in [0.25, 0.3) is 0 Å². The second-order valence-electron chi connectivity index (χ2n) is 11.7. The first-order valence-corrected chi connectivity index (χ1v) is 11.9. The summed E-state index contributed by atoms with van der Waals surface area (Å²) in [7, 11) is 0. The largest absolute Gasteiger partial charge is 0.393 e. The maximum atomic E-state index is 13.2. The van der Waals surface area contributed by atoms with Gasteiger partial charge in [0.2, 0.25) is 0 Å². The van der Waals surface area contributed by atoms with E-state index in [9.17, 15) is 15.0 Å². The van der Waals surface area contributed by atoms with Crippen LogP contribution in [0.5, 0.6) is 0 Å². The van der Waals surface area contributed by atoms with E-state index in [1.54, 1.807) is 12.4 Å². The van der Waals surface area contributed by atoms with Crippen LogP contribution in [0.15, 0.2) is 12.4 Å². The summed E-state index contributed by atoms with van der Waals surface area (Å²) in [5.41, 5.74) is -0.586. The molecule has 5 rings (SSSR count). The molecule has 1 heterocycles. The predicted octanol–water partition coefficient (Wildman–Crippen LogP) is 3.23. The molecule has 0 bridgehead atoms. The van der Waals surface area contributed by atoms with Crippen molar-refractivity contribution in [1.29, 1.82) is 0 Å². The molecule has 4 aliphatic carbocycles. The van der Waals surface area contributed by atoms with Crippen LogP contribution >= 0.6 is 0 Å². The number of aliphatic hydroxyl groups is 2. The number of carbonyl (C=O) groups is 1. The van der Waals surface area contributed by atoms with Crippen molar-refractivity contribution < 1.29 is 15.0 Å². The maximum absolute atomic E-state index is 13.2. The lowest BCUT2D eigenvalue weighted by Gasteiger charge is -2.63. The van der Waals surface area contributed by atoms with Crippen LogP contribution in [-0.4, -0.2) is 42.7 Å². The van der Waals surface area contributed by atoms with Crippen LogP contribution in [-0.2, 0) is 11.3 Å². The Bertz CT molecular complexity index is 809. The number of fused-ring (bicyclic) bond motifs is 5. The lowest BCUT2D eigenvalue weighted by atomic mass is 9.43. The van der Waals surface area contributed by atoms with Crippen molar-refractivity contribution in [3.63, 3.8) is 0 Å². The lowest BCUT2D eigenvalue weighted by molar-refractivity contribution is -0.188. The molecule has 4 aliphatic rings. The molecule has 0 aliphatic heterocycles. The van der Waals surface area contributed by atoms with Gasteiger partial charge in [0.1, 0.15) is 6.54 Å². The summed E-state index contributed by atoms with van der Waals surface area (Å²) in [5.74, 6) is 1.99. The second kappa shape index (κ2) is 6.86. The van der Waals surface area contributed by atoms with Crippen LogP contribution in [0.4, 0.5) is 0 Å². The first-order valence-electron chi connectivity index (χ1n) is 11.9. The summed E-state index contributed by atoms with van der Waals surface area (Å²) in [5, 5.41) is 30.4. The summed E-state index contributed by atoms with van der Waals surface area (Å²) in [6, 6.07) is 0. The average molecular weight is 416 g/mol. The van der Waals surface area contributed by atoms with Crippen molar-refractivity contribution in [2.45, 2.75) is 90.4 Å². The van der Waals surface area contributed by atoms with Gasteiger partial charge in [0.25, 0.3) is 0 Å². The lowest BCUT2D eigenvalue weighted by Crippen LogP contribution is -2.60. The highest BCUT2D eigenvalue weighted by Crippen LogP contribution is 2.68. The molecular weight excluding hydrogens is 378 g/mol. The molecule has 1 aromatic heterocycles. The number of aromatic nitrogens is 3. The molecular formula is C24H37N3O3. The standard InChI is InChI=1S/C24H37N3O3/c1-22(30)8-9-23(2)15(12-22)4-5-16-17-6-7-18(20(29)14-27-25-10-11-26-27)24(17,3)13-19(28)21(16)23/h10-11,15-19,21,28,30H,4-9,12-14H2,1-3H3/t15-,16-,17-,18+,19?,21+,22+,23-,24-/m0/s1. The van der Waals surface area contributed by atoms with Crippen LogP contribution in [0, 0.1) is 40.4 Å². The van der Waals surface area contributed by atoms with E-state index in [0.29, 0.717) is 23.7 Å². The summed E-state index contributed by atoms with van der Waals surface area (Å²) in [6.07, 6.45) is 10.6. The van der Waals surface area contributed by atoms with Crippen LogP contribution in [0.2, 0.25) is 0 Å². The molecule has 4 fully saturated rings. The fourth-order valence-corrected chi connectivity index (χ4v) is 8.66. The van der Waals surface area contributed by atoms with E-state index in [1.165, 1.54) is 4.80 Å². The van der Waals surface area contributed by atoms with Crippen LogP contribution in [0.3, 0.4) is 0 Å². The summed E-state index contributed by atoms with van der Waals surface area (Å²) >= 11 is 0. The van der Waals surface area contributed by atoms with E-state index >= 15 is 0 Å². The molecule has 1 aromatic rings.